The van der Waals surface area contributed by atoms with Gasteiger partial charge in [0.2, 0.25) is 0 Å². The summed E-state index contributed by atoms with van der Waals surface area (Å²) in [5, 5.41) is 18.5. The maximum atomic E-state index is 9.26. The topological polar surface area (TPSA) is 50.8 Å². The third-order valence-electron chi connectivity index (χ3n) is 6.10. The molecule has 142 valence electrons. The fourth-order valence-electron chi connectivity index (χ4n) is 5.02. The Hall–Kier alpha value is -2.78. The van der Waals surface area contributed by atoms with E-state index < -0.39 is 0 Å². The molecule has 2 heterocycles. The highest BCUT2D eigenvalue weighted by Crippen LogP contribution is 2.40. The summed E-state index contributed by atoms with van der Waals surface area (Å²) >= 11 is 0. The molecule has 0 unspecified atom stereocenters. The van der Waals surface area contributed by atoms with E-state index in [9.17, 15) is 10.5 Å². The van der Waals surface area contributed by atoms with Crippen LogP contribution in [0.3, 0.4) is 0 Å². The zero-order valence-electron chi connectivity index (χ0n) is 16.9. The molecule has 0 atom stereocenters. The third-order valence-corrected chi connectivity index (χ3v) is 6.10. The van der Waals surface area contributed by atoms with Gasteiger partial charge in [-0.25, -0.2) is 0 Å². The summed E-state index contributed by atoms with van der Waals surface area (Å²) in [6.07, 6.45) is 13.0. The Morgan fingerprint density at radius 3 is 2.25 bits per heavy atom. The third kappa shape index (κ3) is 3.63. The van der Waals surface area contributed by atoms with Gasteiger partial charge in [0.1, 0.15) is 17.7 Å². The van der Waals surface area contributed by atoms with Crippen LogP contribution in [0.4, 0.5) is 5.69 Å². The number of nitrogens with zero attached hydrogens (tertiary/aromatic N) is 3. The number of aryl methyl sites for hydroxylation is 2. The van der Waals surface area contributed by atoms with Gasteiger partial charge in [-0.1, -0.05) is 32.1 Å². The molecule has 3 nitrogen and oxygen atoms in total. The van der Waals surface area contributed by atoms with E-state index in [1.807, 2.05) is 6.08 Å². The molecule has 28 heavy (non-hydrogen) atoms. The zero-order valence-corrected chi connectivity index (χ0v) is 16.9. The van der Waals surface area contributed by atoms with Crippen molar-refractivity contribution < 1.29 is 0 Å². The van der Waals surface area contributed by atoms with Gasteiger partial charge in [-0.05, 0) is 83.9 Å². The Morgan fingerprint density at radius 1 is 1.00 bits per heavy atom. The van der Waals surface area contributed by atoms with Gasteiger partial charge in [-0.2, -0.15) is 10.5 Å². The van der Waals surface area contributed by atoms with E-state index in [4.69, 9.17) is 0 Å². The van der Waals surface area contributed by atoms with Gasteiger partial charge in [0.15, 0.2) is 0 Å². The van der Waals surface area contributed by atoms with Gasteiger partial charge in [0.25, 0.3) is 0 Å². The van der Waals surface area contributed by atoms with Crippen LogP contribution >= 0.6 is 0 Å². The van der Waals surface area contributed by atoms with Crippen molar-refractivity contribution >= 4 is 11.8 Å². The summed E-state index contributed by atoms with van der Waals surface area (Å²) in [4.78, 5) is 2.57. The molecule has 1 aromatic carbocycles. The van der Waals surface area contributed by atoms with E-state index in [0.717, 1.165) is 18.4 Å². The minimum Gasteiger partial charge on any atom is -0.371 e. The first-order valence-corrected chi connectivity index (χ1v) is 10.3. The van der Waals surface area contributed by atoms with Crippen LogP contribution in [0, 0.1) is 28.1 Å². The number of allylic oxidation sites excluding steroid dienone is 5. The molecule has 3 heteroatoms. The highest BCUT2D eigenvalue weighted by atomic mass is 15.1. The molecule has 0 aromatic heterocycles. The molecule has 2 aliphatic heterocycles. The van der Waals surface area contributed by atoms with Gasteiger partial charge in [0.05, 0.1) is 0 Å². The molecule has 0 radical (unpaired) electrons. The first-order chi connectivity index (χ1) is 13.5. The fourth-order valence-corrected chi connectivity index (χ4v) is 5.02. The molecule has 0 saturated heterocycles. The van der Waals surface area contributed by atoms with Crippen LogP contribution in [0.5, 0.6) is 0 Å². The zero-order chi connectivity index (χ0) is 19.7. The number of hydrogen-bond donors (Lipinski definition) is 0. The van der Waals surface area contributed by atoms with E-state index in [-0.39, 0.29) is 11.0 Å². The SMILES string of the molecule is CC1(C)CC(/C=C/c2cc3c4c(c2)CCCN4CCC3)=CC(=C(C#N)C#N)C1. The Labute approximate surface area is 168 Å². The lowest BCUT2D eigenvalue weighted by Crippen LogP contribution is -2.34. The van der Waals surface area contributed by atoms with E-state index in [0.29, 0.717) is 0 Å². The normalized spacial score (nSPS) is 20.2. The average molecular weight is 370 g/mol. The van der Waals surface area contributed by atoms with Crippen LogP contribution < -0.4 is 4.90 Å². The van der Waals surface area contributed by atoms with E-state index in [2.05, 4.69) is 55.2 Å². The molecule has 0 bridgehead atoms. The van der Waals surface area contributed by atoms with Gasteiger partial charge >= 0.3 is 0 Å². The molecule has 0 amide bonds. The smallest absolute Gasteiger partial charge is 0.132 e. The summed E-state index contributed by atoms with van der Waals surface area (Å²) in [6.45, 7) is 6.81. The first kappa shape index (κ1) is 18.6. The molecule has 3 aliphatic rings. The highest BCUT2D eigenvalue weighted by Gasteiger charge is 2.27. The van der Waals surface area contributed by atoms with E-state index in [1.165, 1.54) is 66.7 Å². The van der Waals surface area contributed by atoms with Crippen molar-refractivity contribution in [3.8, 4) is 12.1 Å². The van der Waals surface area contributed by atoms with Crippen LogP contribution in [0.15, 0.2) is 41.0 Å². The minimum atomic E-state index is 0.0606. The van der Waals surface area contributed by atoms with Gasteiger partial charge in [-0.15, -0.1) is 0 Å². The van der Waals surface area contributed by atoms with Crippen LogP contribution in [-0.4, -0.2) is 13.1 Å². The average Bonchev–Trinajstić information content (AvgIpc) is 2.67. The van der Waals surface area contributed by atoms with Crippen LogP contribution in [-0.2, 0) is 12.8 Å². The number of rotatable bonds is 2. The predicted octanol–water partition coefficient (Wildman–Crippen LogP) is 5.49. The quantitative estimate of drug-likeness (QED) is 0.648. The Bertz CT molecular complexity index is 929. The van der Waals surface area contributed by atoms with Crippen molar-refractivity contribution in [1.82, 2.24) is 0 Å². The second kappa shape index (κ2) is 7.33. The highest BCUT2D eigenvalue weighted by molar-refractivity contribution is 5.68. The summed E-state index contributed by atoms with van der Waals surface area (Å²) in [6, 6.07) is 8.83. The number of anilines is 1. The van der Waals surface area contributed by atoms with Crippen molar-refractivity contribution in [2.24, 2.45) is 5.41 Å². The van der Waals surface area contributed by atoms with Crippen LogP contribution in [0.25, 0.3) is 6.08 Å². The molecule has 0 fully saturated rings. The lowest BCUT2D eigenvalue weighted by atomic mass is 9.74. The van der Waals surface area contributed by atoms with E-state index in [1.54, 1.807) is 0 Å². The molecule has 4 rings (SSSR count). The maximum absolute atomic E-state index is 9.26. The predicted molar refractivity (Wildman–Crippen MR) is 114 cm³/mol. The lowest BCUT2D eigenvalue weighted by Gasteiger charge is -2.37. The standard InChI is InChI=1S/C25H27N3/c1-25(2)14-19(13-22(15-25)23(16-26)17-27)8-7-18-11-20-5-3-9-28-10-4-6-21(12-18)24(20)28/h7-8,11-13H,3-6,9-10,14-15H2,1-2H3/b8-7+. The van der Waals surface area contributed by atoms with Crippen molar-refractivity contribution in [2.75, 3.05) is 18.0 Å². The first-order valence-electron chi connectivity index (χ1n) is 10.3. The largest absolute Gasteiger partial charge is 0.371 e. The van der Waals surface area contributed by atoms with Crippen molar-refractivity contribution in [2.45, 2.75) is 52.4 Å². The monoisotopic (exact) mass is 369 g/mol. The van der Waals surface area contributed by atoms with Crippen molar-refractivity contribution in [3.63, 3.8) is 0 Å². The van der Waals surface area contributed by atoms with Gasteiger partial charge < -0.3 is 4.90 Å². The van der Waals surface area contributed by atoms with Gasteiger partial charge in [-0.3, -0.25) is 0 Å². The molecule has 1 aromatic rings. The second-order valence-electron chi connectivity index (χ2n) is 9.08. The molecule has 1 aliphatic carbocycles. The number of nitriles is 2. The maximum Gasteiger partial charge on any atom is 0.132 e. The lowest BCUT2D eigenvalue weighted by molar-refractivity contribution is 0.354. The minimum absolute atomic E-state index is 0.0606. The van der Waals surface area contributed by atoms with Crippen LogP contribution in [0.1, 0.15) is 56.2 Å². The summed E-state index contributed by atoms with van der Waals surface area (Å²) in [7, 11) is 0. The van der Waals surface area contributed by atoms with Gasteiger partial charge in [0, 0.05) is 18.8 Å². The molecule has 0 saturated carbocycles. The number of hydrogen-bond acceptors (Lipinski definition) is 3. The fraction of sp³-hybridized carbons (Fsp3) is 0.440. The molecular formula is C25H27N3. The molecule has 0 N–H and O–H groups in total. The summed E-state index contributed by atoms with van der Waals surface area (Å²) in [5.74, 6) is 0. The Kier molecular flexibility index (Phi) is 4.86. The van der Waals surface area contributed by atoms with Crippen molar-refractivity contribution in [3.05, 3.63) is 57.7 Å². The summed E-state index contributed by atoms with van der Waals surface area (Å²) < 4.78 is 0. The molecular weight excluding hydrogens is 342 g/mol. The Morgan fingerprint density at radius 2 is 1.64 bits per heavy atom. The number of benzene rings is 1. The second-order valence-corrected chi connectivity index (χ2v) is 9.08. The molecule has 0 spiro atoms. The van der Waals surface area contributed by atoms with E-state index >= 15 is 0 Å². The van der Waals surface area contributed by atoms with Crippen LogP contribution in [0.2, 0.25) is 0 Å². The van der Waals surface area contributed by atoms with Crippen molar-refractivity contribution in [1.29, 1.82) is 10.5 Å². The summed E-state index contributed by atoms with van der Waals surface area (Å²) in [5.41, 5.74) is 8.15. The Balaban J connectivity index is 1.67.